The Balaban J connectivity index is 1.76. The second kappa shape index (κ2) is 9.49. The molecule has 0 aromatic rings. The minimum absolute atomic E-state index is 0.00177. The van der Waals surface area contributed by atoms with Gasteiger partial charge in [-0.25, -0.2) is 0 Å². The largest absolute Gasteiger partial charge is 0.466 e. The first-order valence-corrected chi connectivity index (χ1v) is 9.13. The van der Waals surface area contributed by atoms with Gasteiger partial charge in [0.25, 0.3) is 0 Å². The average Bonchev–Trinajstić information content (AvgIpc) is 3.43. The van der Waals surface area contributed by atoms with Gasteiger partial charge >= 0.3 is 5.97 Å². The van der Waals surface area contributed by atoms with E-state index in [0.717, 1.165) is 51.3 Å². The van der Waals surface area contributed by atoms with Crippen molar-refractivity contribution in [1.82, 2.24) is 15.5 Å². The van der Waals surface area contributed by atoms with E-state index in [4.69, 9.17) is 4.74 Å². The van der Waals surface area contributed by atoms with Gasteiger partial charge in [0.2, 0.25) is 5.91 Å². The fraction of sp³-hybridized carbons (Fsp3) is 0.824. The Morgan fingerprint density at radius 1 is 1.08 bits per heavy atom. The number of aliphatic imine (C=N–C) groups is 1. The number of carbonyl (C=O) groups excluding carboxylic acids is 2. The molecule has 24 heavy (non-hydrogen) atoms. The maximum absolute atomic E-state index is 11.8. The number of nitrogens with one attached hydrogen (secondary N) is 2. The van der Waals surface area contributed by atoms with E-state index in [1.165, 1.54) is 0 Å². The quantitative estimate of drug-likeness (QED) is 0.310. The van der Waals surface area contributed by atoms with Crippen molar-refractivity contribution in [2.45, 2.75) is 39.5 Å². The van der Waals surface area contributed by atoms with Crippen molar-refractivity contribution in [2.75, 3.05) is 39.3 Å². The molecular weight excluding hydrogens is 308 g/mol. The number of nitrogens with zero attached hydrogens (tertiary/aromatic N) is 2. The summed E-state index contributed by atoms with van der Waals surface area (Å²) in [5.41, 5.74) is 0. The lowest BCUT2D eigenvalue weighted by Gasteiger charge is -2.33. The smallest absolute Gasteiger partial charge is 0.309 e. The van der Waals surface area contributed by atoms with Gasteiger partial charge in [-0.3, -0.25) is 14.6 Å². The van der Waals surface area contributed by atoms with Crippen LogP contribution in [0.2, 0.25) is 0 Å². The van der Waals surface area contributed by atoms with Crippen molar-refractivity contribution < 1.29 is 14.3 Å². The topological polar surface area (TPSA) is 83.0 Å². The van der Waals surface area contributed by atoms with Crippen LogP contribution in [0.25, 0.3) is 0 Å². The fourth-order valence-corrected chi connectivity index (χ4v) is 2.84. The summed E-state index contributed by atoms with van der Waals surface area (Å²) in [5.74, 6) is 1.18. The predicted octanol–water partition coefficient (Wildman–Crippen LogP) is 0.753. The molecule has 2 rings (SSSR count). The molecule has 2 fully saturated rings. The zero-order valence-corrected chi connectivity index (χ0v) is 14.8. The molecule has 0 unspecified atom stereocenters. The number of likely N-dealkylation sites (tertiary alicyclic amines) is 1. The number of piperidine rings is 1. The van der Waals surface area contributed by atoms with Crippen LogP contribution in [0.15, 0.2) is 4.99 Å². The highest BCUT2D eigenvalue weighted by Crippen LogP contribution is 2.28. The Labute approximate surface area is 144 Å². The van der Waals surface area contributed by atoms with E-state index >= 15 is 0 Å². The van der Waals surface area contributed by atoms with Crippen molar-refractivity contribution in [2.24, 2.45) is 16.8 Å². The summed E-state index contributed by atoms with van der Waals surface area (Å²) in [6.45, 7) is 7.84. The molecule has 0 atom stereocenters. The first-order valence-electron chi connectivity index (χ1n) is 9.13. The van der Waals surface area contributed by atoms with Gasteiger partial charge in [-0.2, -0.15) is 0 Å². The Kier molecular flexibility index (Phi) is 7.34. The third kappa shape index (κ3) is 5.69. The summed E-state index contributed by atoms with van der Waals surface area (Å²) >= 11 is 0. The number of hydrogen-bond acceptors (Lipinski definition) is 4. The lowest BCUT2D eigenvalue weighted by atomic mass is 9.97. The van der Waals surface area contributed by atoms with E-state index < -0.39 is 0 Å². The van der Waals surface area contributed by atoms with Crippen LogP contribution < -0.4 is 10.6 Å². The molecule has 0 bridgehead atoms. The van der Waals surface area contributed by atoms with Gasteiger partial charge in [0.15, 0.2) is 5.96 Å². The van der Waals surface area contributed by atoms with E-state index in [2.05, 4.69) is 20.5 Å². The number of ether oxygens (including phenoxy) is 1. The Morgan fingerprint density at radius 3 is 2.38 bits per heavy atom. The lowest BCUT2D eigenvalue weighted by molar-refractivity contribution is -0.149. The van der Waals surface area contributed by atoms with Crippen LogP contribution in [0.3, 0.4) is 0 Å². The lowest BCUT2D eigenvalue weighted by Crippen LogP contribution is -2.47. The highest BCUT2D eigenvalue weighted by molar-refractivity contribution is 5.81. The zero-order valence-electron chi connectivity index (χ0n) is 14.8. The number of carbonyl (C=O) groups is 2. The minimum Gasteiger partial charge on any atom is -0.466 e. The molecule has 1 heterocycles. The first kappa shape index (κ1) is 18.5. The number of guanidine groups is 1. The second-order valence-electron chi connectivity index (χ2n) is 6.31. The van der Waals surface area contributed by atoms with Gasteiger partial charge in [-0.1, -0.05) is 0 Å². The van der Waals surface area contributed by atoms with Crippen molar-refractivity contribution in [3.63, 3.8) is 0 Å². The summed E-state index contributed by atoms with van der Waals surface area (Å²) < 4.78 is 5.11. The van der Waals surface area contributed by atoms with Crippen molar-refractivity contribution in [3.05, 3.63) is 0 Å². The fourth-order valence-electron chi connectivity index (χ4n) is 2.84. The summed E-state index contributed by atoms with van der Waals surface area (Å²) in [4.78, 5) is 30.2. The van der Waals surface area contributed by atoms with Crippen LogP contribution in [0.5, 0.6) is 0 Å². The summed E-state index contributed by atoms with van der Waals surface area (Å²) in [6.07, 6.45) is 3.63. The van der Waals surface area contributed by atoms with Gasteiger partial charge in [0, 0.05) is 32.1 Å². The maximum Gasteiger partial charge on any atom is 0.309 e. The summed E-state index contributed by atoms with van der Waals surface area (Å²) in [7, 11) is 0. The van der Waals surface area contributed by atoms with Crippen LogP contribution in [-0.2, 0) is 14.3 Å². The molecule has 7 nitrogen and oxygen atoms in total. The number of esters is 1. The normalized spacial score (nSPS) is 19.1. The first-order chi connectivity index (χ1) is 11.7. The molecule has 1 amide bonds. The number of rotatable bonds is 7. The highest BCUT2D eigenvalue weighted by Gasteiger charge is 2.29. The second-order valence-corrected chi connectivity index (χ2v) is 6.31. The molecule has 1 aliphatic heterocycles. The van der Waals surface area contributed by atoms with Gasteiger partial charge < -0.3 is 20.3 Å². The molecule has 7 heteroatoms. The molecule has 0 aromatic heterocycles. The monoisotopic (exact) mass is 338 g/mol. The van der Waals surface area contributed by atoms with E-state index in [-0.39, 0.29) is 23.7 Å². The molecule has 0 aromatic carbocycles. The van der Waals surface area contributed by atoms with Crippen LogP contribution in [0.1, 0.15) is 39.5 Å². The van der Waals surface area contributed by atoms with Gasteiger partial charge in [-0.15, -0.1) is 0 Å². The van der Waals surface area contributed by atoms with Crippen molar-refractivity contribution in [1.29, 1.82) is 0 Å². The molecule has 1 aliphatic carbocycles. The predicted molar refractivity (Wildman–Crippen MR) is 92.6 cm³/mol. The summed E-state index contributed by atoms with van der Waals surface area (Å²) in [5, 5.41) is 6.22. The Morgan fingerprint density at radius 2 is 1.79 bits per heavy atom. The van der Waals surface area contributed by atoms with E-state index in [0.29, 0.717) is 19.7 Å². The van der Waals surface area contributed by atoms with Gasteiger partial charge in [0.1, 0.15) is 0 Å². The van der Waals surface area contributed by atoms with Gasteiger partial charge in [0.05, 0.1) is 19.1 Å². The van der Waals surface area contributed by atoms with Crippen LogP contribution in [-0.4, -0.2) is 62.1 Å². The summed E-state index contributed by atoms with van der Waals surface area (Å²) in [6, 6.07) is 0. The standard InChI is InChI=1S/C17H30N4O3/c1-3-18-17(20-10-9-19-15(22)13-5-6-13)21-11-7-14(8-12-21)16(23)24-4-2/h13-14H,3-12H2,1-2H3,(H,18,20)(H,19,22). The minimum atomic E-state index is -0.0816. The third-order valence-electron chi connectivity index (χ3n) is 4.37. The highest BCUT2D eigenvalue weighted by atomic mass is 16.5. The molecule has 2 N–H and O–H groups in total. The van der Waals surface area contributed by atoms with E-state index in [9.17, 15) is 9.59 Å². The van der Waals surface area contributed by atoms with Crippen LogP contribution in [0.4, 0.5) is 0 Å². The van der Waals surface area contributed by atoms with Gasteiger partial charge in [-0.05, 0) is 39.5 Å². The third-order valence-corrected chi connectivity index (χ3v) is 4.37. The molecular formula is C17H30N4O3. The molecule has 1 saturated carbocycles. The maximum atomic E-state index is 11.8. The van der Waals surface area contributed by atoms with Crippen molar-refractivity contribution >= 4 is 17.8 Å². The Bertz CT molecular complexity index is 455. The Hall–Kier alpha value is -1.79. The van der Waals surface area contributed by atoms with E-state index in [1.807, 2.05) is 13.8 Å². The average molecular weight is 338 g/mol. The van der Waals surface area contributed by atoms with Crippen molar-refractivity contribution in [3.8, 4) is 0 Å². The zero-order chi connectivity index (χ0) is 17.4. The molecule has 2 aliphatic rings. The molecule has 0 spiro atoms. The molecule has 0 radical (unpaired) electrons. The SMILES string of the molecule is CCNC(=NCCNC(=O)C1CC1)N1CCC(C(=O)OCC)CC1. The van der Waals surface area contributed by atoms with E-state index in [1.54, 1.807) is 0 Å². The number of amides is 1. The number of hydrogen-bond donors (Lipinski definition) is 2. The molecule has 1 saturated heterocycles. The molecule has 136 valence electrons. The van der Waals surface area contributed by atoms with Crippen LogP contribution in [0, 0.1) is 11.8 Å². The van der Waals surface area contributed by atoms with Crippen LogP contribution >= 0.6 is 0 Å².